The number of H-pyrrole nitrogens is 1. The fraction of sp³-hybridized carbons (Fsp3) is 0. The second-order valence-corrected chi connectivity index (χ2v) is 28.1. The van der Waals surface area contributed by atoms with Crippen LogP contribution in [-0.2, 0) is 0 Å². The maximum Gasteiger partial charge on any atom is 0.178 e. The molecule has 0 amide bonds. The van der Waals surface area contributed by atoms with Crippen molar-refractivity contribution in [3.8, 4) is 39.3 Å². The molecule has 0 saturated heterocycles. The van der Waals surface area contributed by atoms with Crippen LogP contribution < -0.4 is 0 Å². The van der Waals surface area contributed by atoms with Gasteiger partial charge in [-0.3, -0.25) is 0 Å². The number of fused-ring (bicyclic) bond motifs is 26. The van der Waals surface area contributed by atoms with Gasteiger partial charge in [0.05, 0.1) is 33.1 Å². The number of rotatable bonds is 5. The summed E-state index contributed by atoms with van der Waals surface area (Å²) in [7, 11) is 0. The molecule has 0 aliphatic carbocycles. The molecular weight excluding hydrogens is 1350 g/mol. The Morgan fingerprint density at radius 3 is 1.01 bits per heavy atom. The molecule has 8 heterocycles. The van der Waals surface area contributed by atoms with Gasteiger partial charge in [-0.2, -0.15) is 0 Å². The third kappa shape index (κ3) is 9.25. The second-order valence-electron chi connectivity index (χ2n) is 27.2. The van der Waals surface area contributed by atoms with Crippen LogP contribution in [0, 0.1) is 0 Å². The van der Waals surface area contributed by atoms with Crippen molar-refractivity contribution in [1.29, 1.82) is 0 Å². The molecule has 0 radical (unpaired) electrons. The van der Waals surface area contributed by atoms with Gasteiger partial charge in [0.2, 0.25) is 0 Å². The molecular formula is C96H57BrN4O4. The Morgan fingerprint density at radius 1 is 0.200 bits per heavy atom. The van der Waals surface area contributed by atoms with Gasteiger partial charge in [0.15, 0.2) is 22.3 Å². The van der Waals surface area contributed by atoms with E-state index in [0.29, 0.717) is 0 Å². The molecule has 0 atom stereocenters. The molecule has 105 heavy (non-hydrogen) atoms. The van der Waals surface area contributed by atoms with Crippen LogP contribution in [0.5, 0.6) is 0 Å². The normalized spacial score (nSPS) is 12.0. The van der Waals surface area contributed by atoms with Crippen molar-refractivity contribution in [3.05, 3.63) is 344 Å². The monoisotopic (exact) mass is 1410 g/mol. The van der Waals surface area contributed by atoms with Gasteiger partial charge in [-0.25, -0.2) is 0 Å². The molecule has 8 nitrogen and oxygen atoms in total. The predicted molar refractivity (Wildman–Crippen MR) is 439 cm³/mol. The van der Waals surface area contributed by atoms with Crippen molar-refractivity contribution >= 4 is 191 Å². The van der Waals surface area contributed by atoms with Crippen LogP contribution in [-0.4, -0.2) is 18.7 Å². The Morgan fingerprint density at radius 2 is 0.533 bits per heavy atom. The highest BCUT2D eigenvalue weighted by Gasteiger charge is 2.22. The minimum atomic E-state index is 0.788. The number of benzene rings is 16. The van der Waals surface area contributed by atoms with Crippen LogP contribution in [0.1, 0.15) is 0 Å². The lowest BCUT2D eigenvalue weighted by atomic mass is 10.0. The van der Waals surface area contributed by atoms with Gasteiger partial charge in [0.25, 0.3) is 0 Å². The minimum absolute atomic E-state index is 0.788. The Hall–Kier alpha value is -13.6. The lowest BCUT2D eigenvalue weighted by Crippen LogP contribution is -1.93. The smallest absolute Gasteiger partial charge is 0.178 e. The van der Waals surface area contributed by atoms with Gasteiger partial charge in [-0.05, 0) is 192 Å². The lowest BCUT2D eigenvalue weighted by molar-refractivity contribution is 0.633. The average Bonchev–Trinajstić information content (AvgIpc) is 1.62. The van der Waals surface area contributed by atoms with E-state index < -0.39 is 0 Å². The van der Waals surface area contributed by atoms with Crippen molar-refractivity contribution in [1.82, 2.24) is 18.7 Å². The Kier molecular flexibility index (Phi) is 13.1. The molecule has 0 saturated carbocycles. The molecule has 16 aromatic carbocycles. The number of hydrogen-bond donors (Lipinski definition) is 1. The van der Waals surface area contributed by atoms with E-state index in [9.17, 15) is 0 Å². The summed E-state index contributed by atoms with van der Waals surface area (Å²) < 4.78 is 33.0. The molecule has 0 aliphatic rings. The number of halogens is 1. The van der Waals surface area contributed by atoms with Crippen LogP contribution in [0.2, 0.25) is 0 Å². The minimum Gasteiger partial charge on any atom is -0.452 e. The molecule has 0 spiro atoms. The summed E-state index contributed by atoms with van der Waals surface area (Å²) in [4.78, 5) is 3.53. The second kappa shape index (κ2) is 23.2. The number of aromatic amines is 1. The first-order valence-corrected chi connectivity index (χ1v) is 36.2. The molecule has 0 bridgehead atoms. The molecule has 24 rings (SSSR count). The number of furan rings is 4. The zero-order valence-electron chi connectivity index (χ0n) is 56.2. The van der Waals surface area contributed by atoms with Crippen LogP contribution >= 0.6 is 15.9 Å². The topological polar surface area (TPSA) is 83.1 Å². The first kappa shape index (κ1) is 59.1. The van der Waals surface area contributed by atoms with E-state index in [1.54, 1.807) is 0 Å². The summed E-state index contributed by atoms with van der Waals surface area (Å²) in [6.45, 7) is 0. The van der Waals surface area contributed by atoms with Crippen LogP contribution in [0.3, 0.4) is 0 Å². The SMILES string of the molecule is Brc1ccc2oc3c(ccc4c5ccccc5oc43)c2c1.c1ccc(-n2c3ccccc3c3cc(-c4ccc5[nH]c6ccccc6c5c4)ccc32)cc1.c1ccc(-n2c3ccccc3c3cc(-c4ccc5c(c4)c4ccccc4n5-c4ccc5oc6c(ccc7c8ccccc8oc76)c5c4)ccc32)cc1. The van der Waals surface area contributed by atoms with Crippen molar-refractivity contribution in [2.24, 2.45) is 0 Å². The van der Waals surface area contributed by atoms with Gasteiger partial charge >= 0.3 is 0 Å². The standard InChI is InChI=1S/C48H28N2O2.C30H20N2.C18H9BrO2/c1-2-10-31(11-3-1)49-41-15-7-4-12-33(41)38-26-29(18-23-43(38)49)30-19-24-44-39(27-30)34-13-5-8-16-42(34)50(44)32-20-25-46-40(28-32)37-22-21-36-35-14-6-9-17-45(35)51-47(36)48(37)52-46;1-2-8-22(9-3-1)32-29-13-7-5-11-24(29)26-19-21(15-17-30(26)32)20-14-16-28-25(18-20)23-10-4-6-12-27(23)31-28;19-10-5-8-16-14(9-10)13-7-6-12-11-3-1-2-4-15(11)20-17(12)18(13)21-16/h1-28H;1-19,31H;1-9H. The Labute approximate surface area is 606 Å². The first-order valence-electron chi connectivity index (χ1n) is 35.4. The largest absolute Gasteiger partial charge is 0.452 e. The third-order valence-corrected chi connectivity index (χ3v) is 21.9. The number of nitrogens with zero attached hydrogens (tertiary/aromatic N) is 3. The zero-order valence-corrected chi connectivity index (χ0v) is 57.8. The van der Waals surface area contributed by atoms with Gasteiger partial charge in [0, 0.05) is 119 Å². The van der Waals surface area contributed by atoms with Crippen molar-refractivity contribution in [2.75, 3.05) is 0 Å². The zero-order chi connectivity index (χ0) is 69.0. The summed E-state index contributed by atoms with van der Waals surface area (Å²) in [5, 5.41) is 18.7. The quantitative estimate of drug-likeness (QED) is 0.186. The van der Waals surface area contributed by atoms with E-state index in [0.717, 1.165) is 97.9 Å². The summed E-state index contributed by atoms with van der Waals surface area (Å²) in [5.74, 6) is 0. The average molecular weight is 1410 g/mol. The maximum atomic E-state index is 6.49. The molecule has 8 aromatic heterocycles. The molecule has 0 unspecified atom stereocenters. The fourth-order valence-electron chi connectivity index (χ4n) is 16.6. The summed E-state index contributed by atoms with van der Waals surface area (Å²) in [6.07, 6.45) is 0. The van der Waals surface area contributed by atoms with Crippen molar-refractivity contribution in [3.63, 3.8) is 0 Å². The maximum absolute atomic E-state index is 6.49. The molecule has 1 N–H and O–H groups in total. The molecule has 24 aromatic rings. The molecule has 9 heteroatoms. The third-order valence-electron chi connectivity index (χ3n) is 21.4. The van der Waals surface area contributed by atoms with Crippen molar-refractivity contribution in [2.45, 2.75) is 0 Å². The molecule has 0 fully saturated rings. The summed E-state index contributed by atoms with van der Waals surface area (Å²) in [5.41, 5.74) is 24.6. The van der Waals surface area contributed by atoms with E-state index in [2.05, 4.69) is 326 Å². The van der Waals surface area contributed by atoms with Gasteiger partial charge in [-0.1, -0.05) is 186 Å². The van der Waals surface area contributed by atoms with Crippen molar-refractivity contribution < 1.29 is 17.7 Å². The van der Waals surface area contributed by atoms with Gasteiger partial charge < -0.3 is 36.4 Å². The van der Waals surface area contributed by atoms with Crippen LogP contribution in [0.15, 0.2) is 362 Å². The van der Waals surface area contributed by atoms with E-state index in [1.165, 1.54) is 121 Å². The highest BCUT2D eigenvalue weighted by atomic mass is 79.9. The molecule has 0 aliphatic heterocycles. The first-order chi connectivity index (χ1) is 52.0. The number of para-hydroxylation sites is 8. The Balaban J connectivity index is 0.000000110. The highest BCUT2D eigenvalue weighted by Crippen LogP contribution is 2.45. The number of nitrogens with one attached hydrogen (secondary N) is 1. The highest BCUT2D eigenvalue weighted by molar-refractivity contribution is 9.10. The predicted octanol–water partition coefficient (Wildman–Crippen LogP) is 27.7. The van der Waals surface area contributed by atoms with E-state index in [-0.39, 0.29) is 0 Å². The van der Waals surface area contributed by atoms with Gasteiger partial charge in [-0.15, -0.1) is 0 Å². The summed E-state index contributed by atoms with van der Waals surface area (Å²) >= 11 is 3.52. The molecule has 492 valence electrons. The Bertz CT molecular complexity index is 7690. The van der Waals surface area contributed by atoms with Gasteiger partial charge in [0.1, 0.15) is 22.3 Å². The lowest BCUT2D eigenvalue weighted by Gasteiger charge is -2.09. The van der Waals surface area contributed by atoms with E-state index in [4.69, 9.17) is 17.7 Å². The summed E-state index contributed by atoms with van der Waals surface area (Å²) in [6, 6.07) is 121. The van der Waals surface area contributed by atoms with Crippen LogP contribution in [0.25, 0.3) is 214 Å². The van der Waals surface area contributed by atoms with E-state index in [1.807, 2.05) is 48.5 Å². The van der Waals surface area contributed by atoms with Crippen LogP contribution in [0.4, 0.5) is 0 Å². The fourth-order valence-corrected chi connectivity index (χ4v) is 17.0. The number of hydrogen-bond acceptors (Lipinski definition) is 4. The number of aromatic nitrogens is 4. The van der Waals surface area contributed by atoms with E-state index >= 15 is 0 Å².